The first-order valence-corrected chi connectivity index (χ1v) is 5.91. The van der Waals surface area contributed by atoms with Crippen LogP contribution in [0, 0.1) is 17.2 Å². The molecule has 1 aromatic rings. The van der Waals surface area contributed by atoms with Crippen molar-refractivity contribution in [3.63, 3.8) is 0 Å². The molecular formula is C11H10BrClN2O. The molecule has 1 unspecified atom stereocenters. The molecule has 0 radical (unpaired) electrons. The van der Waals surface area contributed by atoms with Crippen molar-refractivity contribution < 1.29 is 4.79 Å². The van der Waals surface area contributed by atoms with Crippen LogP contribution in [0.3, 0.4) is 0 Å². The summed E-state index contributed by atoms with van der Waals surface area (Å²) in [6.45, 7) is 1.79. The molecule has 0 aliphatic heterocycles. The van der Waals surface area contributed by atoms with Crippen molar-refractivity contribution in [2.24, 2.45) is 5.92 Å². The molecule has 0 spiro atoms. The third-order valence-corrected chi connectivity index (χ3v) is 2.88. The van der Waals surface area contributed by atoms with Gasteiger partial charge in [0.15, 0.2) is 0 Å². The fourth-order valence-corrected chi connectivity index (χ4v) is 1.87. The van der Waals surface area contributed by atoms with Crippen LogP contribution in [0.4, 0.5) is 5.69 Å². The van der Waals surface area contributed by atoms with Crippen LogP contribution in [0.25, 0.3) is 0 Å². The van der Waals surface area contributed by atoms with Crippen LogP contribution >= 0.6 is 27.5 Å². The molecule has 1 atom stereocenters. The maximum Gasteiger partial charge on any atom is 0.241 e. The highest BCUT2D eigenvalue weighted by atomic mass is 79.9. The third-order valence-electron chi connectivity index (χ3n) is 2.07. The summed E-state index contributed by atoms with van der Waals surface area (Å²) in [7, 11) is 0. The van der Waals surface area contributed by atoms with Crippen molar-refractivity contribution in [3.05, 3.63) is 27.7 Å². The molecule has 5 heteroatoms. The molecule has 0 fully saturated rings. The standard InChI is InChI=1S/C11H10BrClN2O/c1-2-7(6-14)11(16)15-10-4-3-8(12)5-9(10)13/h3-5,7H,2H2,1H3,(H,15,16). The van der Waals surface area contributed by atoms with Crippen molar-refractivity contribution in [1.82, 2.24) is 0 Å². The van der Waals surface area contributed by atoms with Crippen molar-refractivity contribution >= 4 is 39.1 Å². The predicted molar refractivity (Wildman–Crippen MR) is 67.2 cm³/mol. The lowest BCUT2D eigenvalue weighted by Gasteiger charge is -2.09. The minimum atomic E-state index is -0.639. The molecule has 1 rings (SSSR count). The van der Waals surface area contributed by atoms with Gasteiger partial charge in [0.2, 0.25) is 5.91 Å². The molecule has 0 saturated carbocycles. The summed E-state index contributed by atoms with van der Waals surface area (Å²) in [4.78, 5) is 11.6. The number of carbonyl (C=O) groups is 1. The Kier molecular flexibility index (Phi) is 4.78. The third kappa shape index (κ3) is 3.22. The van der Waals surface area contributed by atoms with E-state index in [1.807, 2.05) is 6.07 Å². The van der Waals surface area contributed by atoms with Gasteiger partial charge in [0.25, 0.3) is 0 Å². The SMILES string of the molecule is CCC(C#N)C(=O)Nc1ccc(Br)cc1Cl. The van der Waals surface area contributed by atoms with Crippen molar-refractivity contribution in [2.45, 2.75) is 13.3 Å². The van der Waals surface area contributed by atoms with Gasteiger partial charge in [0, 0.05) is 4.47 Å². The lowest BCUT2D eigenvalue weighted by atomic mass is 10.1. The Morgan fingerprint density at radius 2 is 2.38 bits per heavy atom. The van der Waals surface area contributed by atoms with E-state index in [-0.39, 0.29) is 5.91 Å². The van der Waals surface area contributed by atoms with E-state index in [0.717, 1.165) is 4.47 Å². The number of anilines is 1. The molecule has 16 heavy (non-hydrogen) atoms. The van der Waals surface area contributed by atoms with Crippen LogP contribution in [-0.4, -0.2) is 5.91 Å². The Morgan fingerprint density at radius 3 is 2.88 bits per heavy atom. The van der Waals surface area contributed by atoms with Crippen LogP contribution in [0.5, 0.6) is 0 Å². The van der Waals surface area contributed by atoms with E-state index >= 15 is 0 Å². The van der Waals surface area contributed by atoms with E-state index < -0.39 is 5.92 Å². The van der Waals surface area contributed by atoms with Crippen molar-refractivity contribution in [2.75, 3.05) is 5.32 Å². The van der Waals surface area contributed by atoms with Crippen LogP contribution in [-0.2, 0) is 4.79 Å². The Morgan fingerprint density at radius 1 is 1.69 bits per heavy atom. The average Bonchev–Trinajstić information content (AvgIpc) is 2.24. The van der Waals surface area contributed by atoms with E-state index in [1.54, 1.807) is 25.1 Å². The Balaban J connectivity index is 2.81. The summed E-state index contributed by atoms with van der Waals surface area (Å²) in [5, 5.41) is 11.8. The van der Waals surface area contributed by atoms with Gasteiger partial charge in [-0.25, -0.2) is 0 Å². The van der Waals surface area contributed by atoms with Gasteiger partial charge in [-0.05, 0) is 24.6 Å². The summed E-state index contributed by atoms with van der Waals surface area (Å²) in [6.07, 6.45) is 0.483. The molecular weight excluding hydrogens is 291 g/mol. The molecule has 0 bridgehead atoms. The van der Waals surface area contributed by atoms with E-state index in [0.29, 0.717) is 17.1 Å². The summed E-state index contributed by atoms with van der Waals surface area (Å²) in [5.41, 5.74) is 0.517. The second kappa shape index (κ2) is 5.88. The van der Waals surface area contributed by atoms with Gasteiger partial charge in [-0.2, -0.15) is 5.26 Å². The largest absolute Gasteiger partial charge is 0.324 e. The van der Waals surface area contributed by atoms with Gasteiger partial charge in [-0.15, -0.1) is 0 Å². The number of hydrogen-bond donors (Lipinski definition) is 1. The van der Waals surface area contributed by atoms with Crippen LogP contribution in [0.2, 0.25) is 5.02 Å². The minimum Gasteiger partial charge on any atom is -0.324 e. The Hall–Kier alpha value is -1.05. The minimum absolute atomic E-state index is 0.325. The number of halogens is 2. The maximum absolute atomic E-state index is 11.6. The number of carbonyl (C=O) groups excluding carboxylic acids is 1. The molecule has 0 aliphatic carbocycles. The molecule has 1 amide bonds. The van der Waals surface area contributed by atoms with Crippen LogP contribution in [0.1, 0.15) is 13.3 Å². The zero-order chi connectivity index (χ0) is 12.1. The lowest BCUT2D eigenvalue weighted by molar-refractivity contribution is -0.118. The number of amides is 1. The smallest absolute Gasteiger partial charge is 0.241 e. The Bertz CT molecular complexity index is 442. The van der Waals surface area contributed by atoms with E-state index in [4.69, 9.17) is 16.9 Å². The van der Waals surface area contributed by atoms with E-state index in [9.17, 15) is 4.79 Å². The fraction of sp³-hybridized carbons (Fsp3) is 0.273. The molecule has 0 saturated heterocycles. The number of rotatable bonds is 3. The van der Waals surface area contributed by atoms with Gasteiger partial charge in [-0.3, -0.25) is 4.79 Å². The Labute approximate surface area is 108 Å². The van der Waals surface area contributed by atoms with E-state index in [2.05, 4.69) is 21.2 Å². The maximum atomic E-state index is 11.6. The molecule has 1 N–H and O–H groups in total. The number of hydrogen-bond acceptors (Lipinski definition) is 2. The zero-order valence-electron chi connectivity index (χ0n) is 8.63. The van der Waals surface area contributed by atoms with E-state index in [1.165, 1.54) is 0 Å². The van der Waals surface area contributed by atoms with Crippen LogP contribution < -0.4 is 5.32 Å². The molecule has 84 valence electrons. The monoisotopic (exact) mass is 300 g/mol. The van der Waals surface area contributed by atoms with Gasteiger partial charge in [-0.1, -0.05) is 34.5 Å². The summed E-state index contributed by atoms with van der Waals surface area (Å²) in [5.74, 6) is -0.964. The number of nitrogens with one attached hydrogen (secondary N) is 1. The highest BCUT2D eigenvalue weighted by Crippen LogP contribution is 2.26. The highest BCUT2D eigenvalue weighted by Gasteiger charge is 2.16. The number of benzene rings is 1. The summed E-state index contributed by atoms with van der Waals surface area (Å²) in [6, 6.07) is 7.08. The first kappa shape index (κ1) is 13.0. The number of nitrogens with zero attached hydrogens (tertiary/aromatic N) is 1. The topological polar surface area (TPSA) is 52.9 Å². The summed E-state index contributed by atoms with van der Waals surface area (Å²) >= 11 is 9.21. The van der Waals surface area contributed by atoms with Crippen molar-refractivity contribution in [1.29, 1.82) is 5.26 Å². The predicted octanol–water partition coefficient (Wildman–Crippen LogP) is 3.59. The quantitative estimate of drug-likeness (QED) is 0.927. The number of nitriles is 1. The van der Waals surface area contributed by atoms with Gasteiger partial charge in [0.05, 0.1) is 16.8 Å². The average molecular weight is 302 g/mol. The summed E-state index contributed by atoms with van der Waals surface area (Å²) < 4.78 is 0.836. The van der Waals surface area contributed by atoms with Gasteiger partial charge in [0.1, 0.15) is 5.92 Å². The second-order valence-electron chi connectivity index (χ2n) is 3.20. The molecule has 1 aromatic carbocycles. The molecule has 0 aromatic heterocycles. The normalized spacial score (nSPS) is 11.6. The van der Waals surface area contributed by atoms with Gasteiger partial charge >= 0.3 is 0 Å². The second-order valence-corrected chi connectivity index (χ2v) is 4.53. The highest BCUT2D eigenvalue weighted by molar-refractivity contribution is 9.10. The molecule has 0 heterocycles. The zero-order valence-corrected chi connectivity index (χ0v) is 11.0. The molecule has 0 aliphatic rings. The van der Waals surface area contributed by atoms with Crippen molar-refractivity contribution in [3.8, 4) is 6.07 Å². The van der Waals surface area contributed by atoms with Crippen LogP contribution in [0.15, 0.2) is 22.7 Å². The first-order chi connectivity index (χ1) is 7.58. The van der Waals surface area contributed by atoms with Gasteiger partial charge < -0.3 is 5.32 Å². The first-order valence-electron chi connectivity index (χ1n) is 4.74. The lowest BCUT2D eigenvalue weighted by Crippen LogP contribution is -2.21. The fourth-order valence-electron chi connectivity index (χ4n) is 1.15. The molecule has 3 nitrogen and oxygen atoms in total.